The molecule has 0 fully saturated rings. The summed E-state index contributed by atoms with van der Waals surface area (Å²) in [5.74, 6) is 0.668. The molecule has 0 atom stereocenters. The van der Waals surface area contributed by atoms with Gasteiger partial charge in [-0.2, -0.15) is 0 Å². The molecule has 5 heteroatoms. The molecule has 3 aromatic rings. The summed E-state index contributed by atoms with van der Waals surface area (Å²) in [6.45, 7) is 0.730. The number of phenolic OH excluding ortho intramolecular Hbond substituents is 1. The minimum absolute atomic E-state index is 0.00963. The Kier molecular flexibility index (Phi) is 7.72. The van der Waals surface area contributed by atoms with Gasteiger partial charge in [-0.1, -0.05) is 48.5 Å². The maximum atomic E-state index is 10.8. The van der Waals surface area contributed by atoms with Gasteiger partial charge in [0.05, 0.1) is 19.3 Å². The number of hydrogen-bond donors (Lipinski definition) is 2. The molecule has 1 amide bonds. The van der Waals surface area contributed by atoms with Gasteiger partial charge in [0.1, 0.15) is 17.2 Å². The van der Waals surface area contributed by atoms with E-state index in [2.05, 4.69) is 24.3 Å². The number of phenols is 1. The SMILES string of the molecule is COc1ccc(O)cc1C(N)=O.c1ccc(CCOc2ccccc2)cc1. The molecule has 0 aromatic heterocycles. The van der Waals surface area contributed by atoms with Crippen LogP contribution >= 0.6 is 0 Å². The van der Waals surface area contributed by atoms with Gasteiger partial charge < -0.3 is 20.3 Å². The number of nitrogens with two attached hydrogens (primary N) is 1. The van der Waals surface area contributed by atoms with Gasteiger partial charge in [0.15, 0.2) is 0 Å². The van der Waals surface area contributed by atoms with Crippen molar-refractivity contribution in [3.05, 3.63) is 90.0 Å². The van der Waals surface area contributed by atoms with E-state index < -0.39 is 5.91 Å². The molecule has 0 heterocycles. The number of rotatable bonds is 6. The van der Waals surface area contributed by atoms with Crippen LogP contribution in [0.4, 0.5) is 0 Å². The molecule has 0 saturated carbocycles. The third-order valence-corrected chi connectivity index (χ3v) is 3.69. The van der Waals surface area contributed by atoms with Crippen LogP contribution in [0.1, 0.15) is 15.9 Å². The molecule has 140 valence electrons. The third-order valence-electron chi connectivity index (χ3n) is 3.69. The Morgan fingerprint density at radius 2 is 1.59 bits per heavy atom. The molecule has 3 N–H and O–H groups in total. The summed E-state index contributed by atoms with van der Waals surface area (Å²) in [6, 6.07) is 24.5. The Morgan fingerprint density at radius 3 is 2.19 bits per heavy atom. The molecule has 0 aliphatic rings. The van der Waals surface area contributed by atoms with Crippen molar-refractivity contribution in [1.82, 2.24) is 0 Å². The number of para-hydroxylation sites is 1. The predicted octanol–water partition coefficient (Wildman–Crippen LogP) is 3.81. The Bertz CT molecular complexity index is 796. The van der Waals surface area contributed by atoms with E-state index in [1.165, 1.54) is 30.9 Å². The minimum Gasteiger partial charge on any atom is -0.508 e. The molecule has 0 saturated heterocycles. The molecule has 0 radical (unpaired) electrons. The van der Waals surface area contributed by atoms with Crippen LogP contribution in [0.15, 0.2) is 78.9 Å². The number of hydrogen-bond acceptors (Lipinski definition) is 4. The second-order valence-electron chi connectivity index (χ2n) is 5.65. The van der Waals surface area contributed by atoms with Crippen LogP contribution in [-0.4, -0.2) is 24.7 Å². The largest absolute Gasteiger partial charge is 0.508 e. The molecular formula is C22H23NO4. The lowest BCUT2D eigenvalue weighted by Gasteiger charge is -2.05. The highest BCUT2D eigenvalue weighted by molar-refractivity contribution is 5.96. The van der Waals surface area contributed by atoms with E-state index in [-0.39, 0.29) is 11.3 Å². The fourth-order valence-corrected chi connectivity index (χ4v) is 2.34. The average molecular weight is 365 g/mol. The number of aromatic hydroxyl groups is 1. The molecule has 0 aliphatic heterocycles. The first-order valence-corrected chi connectivity index (χ1v) is 8.48. The van der Waals surface area contributed by atoms with E-state index in [4.69, 9.17) is 20.3 Å². The van der Waals surface area contributed by atoms with Crippen molar-refractivity contribution >= 4 is 5.91 Å². The van der Waals surface area contributed by atoms with E-state index in [0.717, 1.165) is 18.8 Å². The Morgan fingerprint density at radius 1 is 0.963 bits per heavy atom. The van der Waals surface area contributed by atoms with Crippen molar-refractivity contribution in [2.24, 2.45) is 5.73 Å². The van der Waals surface area contributed by atoms with Gasteiger partial charge in [0.2, 0.25) is 0 Å². The van der Waals surface area contributed by atoms with E-state index in [0.29, 0.717) is 5.75 Å². The molecule has 3 aromatic carbocycles. The van der Waals surface area contributed by atoms with Crippen molar-refractivity contribution in [3.8, 4) is 17.2 Å². The lowest BCUT2D eigenvalue weighted by molar-refractivity contribution is 0.0997. The van der Waals surface area contributed by atoms with Crippen molar-refractivity contribution in [1.29, 1.82) is 0 Å². The number of carbonyl (C=O) groups excluding carboxylic acids is 1. The van der Waals surface area contributed by atoms with Crippen LogP contribution in [0.2, 0.25) is 0 Å². The van der Waals surface area contributed by atoms with Crippen LogP contribution in [0.25, 0.3) is 0 Å². The molecule has 5 nitrogen and oxygen atoms in total. The Labute approximate surface area is 159 Å². The number of benzene rings is 3. The first-order chi connectivity index (χ1) is 13.1. The van der Waals surface area contributed by atoms with Gasteiger partial charge in [-0.05, 0) is 35.9 Å². The van der Waals surface area contributed by atoms with Crippen LogP contribution in [0.5, 0.6) is 17.2 Å². The predicted molar refractivity (Wildman–Crippen MR) is 105 cm³/mol. The standard InChI is InChI=1S/C14H14O.C8H9NO3/c1-3-7-13(8-4-1)11-12-15-14-9-5-2-6-10-14;1-12-7-3-2-5(10)4-6(7)8(9)11/h1-10H,11-12H2;2-4,10H,1H3,(H2,9,11). The van der Waals surface area contributed by atoms with Crippen LogP contribution < -0.4 is 15.2 Å². The number of ether oxygens (including phenoxy) is 2. The maximum Gasteiger partial charge on any atom is 0.252 e. The van der Waals surface area contributed by atoms with Crippen molar-refractivity contribution in [2.45, 2.75) is 6.42 Å². The molecule has 27 heavy (non-hydrogen) atoms. The molecule has 0 unspecified atom stereocenters. The normalized spacial score (nSPS) is 9.67. The molecule has 0 aliphatic carbocycles. The third kappa shape index (κ3) is 6.74. The zero-order valence-electron chi connectivity index (χ0n) is 15.2. The summed E-state index contributed by atoms with van der Waals surface area (Å²) in [6.07, 6.45) is 0.954. The summed E-state index contributed by atoms with van der Waals surface area (Å²) in [7, 11) is 1.43. The highest BCUT2D eigenvalue weighted by Crippen LogP contribution is 2.22. The number of primary amides is 1. The minimum atomic E-state index is -0.622. The summed E-state index contributed by atoms with van der Waals surface area (Å²) in [5, 5.41) is 9.02. The van der Waals surface area contributed by atoms with E-state index in [1.807, 2.05) is 36.4 Å². The van der Waals surface area contributed by atoms with Gasteiger partial charge in [-0.25, -0.2) is 0 Å². The average Bonchev–Trinajstić information content (AvgIpc) is 2.70. The van der Waals surface area contributed by atoms with Crippen molar-refractivity contribution in [2.75, 3.05) is 13.7 Å². The Balaban J connectivity index is 0.000000199. The highest BCUT2D eigenvalue weighted by Gasteiger charge is 2.08. The van der Waals surface area contributed by atoms with Gasteiger partial charge >= 0.3 is 0 Å². The van der Waals surface area contributed by atoms with Crippen LogP contribution in [0.3, 0.4) is 0 Å². The van der Waals surface area contributed by atoms with Crippen molar-refractivity contribution in [3.63, 3.8) is 0 Å². The first-order valence-electron chi connectivity index (χ1n) is 8.48. The number of methoxy groups -OCH3 is 1. The Hall–Kier alpha value is -3.47. The van der Waals surface area contributed by atoms with E-state index in [9.17, 15) is 4.79 Å². The van der Waals surface area contributed by atoms with E-state index in [1.54, 1.807) is 0 Å². The second-order valence-corrected chi connectivity index (χ2v) is 5.65. The molecule has 0 bridgehead atoms. The van der Waals surface area contributed by atoms with Gasteiger partial charge in [-0.3, -0.25) is 4.79 Å². The number of carbonyl (C=O) groups is 1. The van der Waals surface area contributed by atoms with Gasteiger partial charge in [0.25, 0.3) is 5.91 Å². The van der Waals surface area contributed by atoms with Crippen LogP contribution in [-0.2, 0) is 6.42 Å². The summed E-state index contributed by atoms with van der Waals surface area (Å²) >= 11 is 0. The van der Waals surface area contributed by atoms with Gasteiger partial charge in [0, 0.05) is 6.42 Å². The van der Waals surface area contributed by atoms with Crippen molar-refractivity contribution < 1.29 is 19.4 Å². The first kappa shape index (κ1) is 19.8. The summed E-state index contributed by atoms with van der Waals surface area (Å²) in [5.41, 5.74) is 6.52. The fourth-order valence-electron chi connectivity index (χ4n) is 2.34. The van der Waals surface area contributed by atoms with Gasteiger partial charge in [-0.15, -0.1) is 0 Å². The van der Waals surface area contributed by atoms with Crippen LogP contribution in [0, 0.1) is 0 Å². The smallest absolute Gasteiger partial charge is 0.252 e. The lowest BCUT2D eigenvalue weighted by Crippen LogP contribution is -2.12. The molecule has 0 spiro atoms. The maximum absolute atomic E-state index is 10.8. The zero-order chi connectivity index (χ0) is 19.5. The topological polar surface area (TPSA) is 81.8 Å². The summed E-state index contributed by atoms with van der Waals surface area (Å²) < 4.78 is 10.5. The van der Waals surface area contributed by atoms with E-state index >= 15 is 0 Å². The molecular weight excluding hydrogens is 342 g/mol. The lowest BCUT2D eigenvalue weighted by atomic mass is 10.2. The monoisotopic (exact) mass is 365 g/mol. The highest BCUT2D eigenvalue weighted by atomic mass is 16.5. The quantitative estimate of drug-likeness (QED) is 0.696. The molecule has 3 rings (SSSR count). The zero-order valence-corrected chi connectivity index (χ0v) is 15.2. The number of amides is 1. The fraction of sp³-hybridized carbons (Fsp3) is 0.136. The summed E-state index contributed by atoms with van der Waals surface area (Å²) in [4.78, 5) is 10.8. The second kappa shape index (κ2) is 10.5.